The molecule has 0 amide bonds. The molecule has 1 aliphatic carbocycles. The lowest BCUT2D eigenvalue weighted by molar-refractivity contribution is 0.0865. The van der Waals surface area contributed by atoms with Crippen molar-refractivity contribution in [2.24, 2.45) is 5.92 Å². The number of benzene rings is 1. The summed E-state index contributed by atoms with van der Waals surface area (Å²) in [7, 11) is 0. The zero-order chi connectivity index (χ0) is 13.1. The minimum absolute atomic E-state index is 0.180. The molecule has 0 saturated heterocycles. The Kier molecular flexibility index (Phi) is 4.28. The number of rotatable bonds is 3. The number of nitrogens with zero attached hydrogens (tertiary/aromatic N) is 1. The third kappa shape index (κ3) is 2.69. The minimum Gasteiger partial charge on any atom is -0.391 e. The lowest BCUT2D eigenvalue weighted by atomic mass is 9.83. The number of likely N-dealkylation sites (N-methyl/N-ethyl adjacent to an activating group) is 1. The van der Waals surface area contributed by atoms with E-state index >= 15 is 0 Å². The Hall–Kier alpha value is -1.02. The van der Waals surface area contributed by atoms with Crippen LogP contribution in [0, 0.1) is 12.8 Å². The van der Waals surface area contributed by atoms with Crippen LogP contribution in [0.15, 0.2) is 24.3 Å². The summed E-state index contributed by atoms with van der Waals surface area (Å²) >= 11 is 0. The van der Waals surface area contributed by atoms with Crippen LogP contribution in [-0.4, -0.2) is 23.8 Å². The second kappa shape index (κ2) is 5.75. The maximum absolute atomic E-state index is 10.3. The van der Waals surface area contributed by atoms with Gasteiger partial charge in [-0.2, -0.15) is 0 Å². The summed E-state index contributed by atoms with van der Waals surface area (Å²) in [6.45, 7) is 7.58. The maximum atomic E-state index is 10.3. The molecule has 1 N–H and O–H groups in total. The molecule has 100 valence electrons. The van der Waals surface area contributed by atoms with Crippen LogP contribution in [0.5, 0.6) is 0 Å². The highest BCUT2D eigenvalue weighted by Crippen LogP contribution is 2.32. The van der Waals surface area contributed by atoms with Crippen molar-refractivity contribution in [1.82, 2.24) is 0 Å². The Morgan fingerprint density at radius 1 is 1.28 bits per heavy atom. The van der Waals surface area contributed by atoms with E-state index in [-0.39, 0.29) is 12.1 Å². The van der Waals surface area contributed by atoms with Crippen LogP contribution in [0.1, 0.15) is 38.7 Å². The zero-order valence-corrected chi connectivity index (χ0v) is 11.8. The van der Waals surface area contributed by atoms with Gasteiger partial charge < -0.3 is 10.0 Å². The molecular weight excluding hydrogens is 222 g/mol. The molecule has 0 heterocycles. The van der Waals surface area contributed by atoms with Gasteiger partial charge in [0.15, 0.2) is 0 Å². The molecule has 0 radical (unpaired) electrons. The van der Waals surface area contributed by atoms with Crippen molar-refractivity contribution >= 4 is 5.69 Å². The second-order valence-electron chi connectivity index (χ2n) is 5.63. The van der Waals surface area contributed by atoms with Crippen molar-refractivity contribution in [3.63, 3.8) is 0 Å². The predicted octanol–water partition coefficient (Wildman–Crippen LogP) is 3.37. The SMILES string of the molecule is CCN(c1ccccc1C)C1CC(C)CCC1O. The van der Waals surface area contributed by atoms with Crippen LogP contribution in [0.4, 0.5) is 5.69 Å². The first-order chi connectivity index (χ1) is 8.63. The topological polar surface area (TPSA) is 23.5 Å². The molecule has 1 fully saturated rings. The fourth-order valence-corrected chi connectivity index (χ4v) is 3.14. The van der Waals surface area contributed by atoms with Crippen molar-refractivity contribution in [3.05, 3.63) is 29.8 Å². The number of aliphatic hydroxyl groups is 1. The molecule has 18 heavy (non-hydrogen) atoms. The Balaban J connectivity index is 2.25. The van der Waals surface area contributed by atoms with Crippen molar-refractivity contribution in [3.8, 4) is 0 Å². The first-order valence-corrected chi connectivity index (χ1v) is 7.13. The molecule has 2 nitrogen and oxygen atoms in total. The molecule has 3 unspecified atom stereocenters. The third-order valence-corrected chi connectivity index (χ3v) is 4.21. The third-order valence-electron chi connectivity index (χ3n) is 4.21. The van der Waals surface area contributed by atoms with Crippen LogP contribution in [0.25, 0.3) is 0 Å². The Labute approximate surface area is 111 Å². The van der Waals surface area contributed by atoms with Gasteiger partial charge in [-0.15, -0.1) is 0 Å². The molecule has 1 aromatic rings. The van der Waals surface area contributed by atoms with Gasteiger partial charge in [0.1, 0.15) is 0 Å². The molecule has 1 saturated carbocycles. The molecule has 2 rings (SSSR count). The normalized spacial score (nSPS) is 28.1. The standard InChI is InChI=1S/C16H25NO/c1-4-17(14-8-6-5-7-13(14)3)15-11-12(2)9-10-16(15)18/h5-8,12,15-16,18H,4,9-11H2,1-3H3. The van der Waals surface area contributed by atoms with Crippen molar-refractivity contribution < 1.29 is 5.11 Å². The van der Waals surface area contributed by atoms with Crippen LogP contribution in [0.2, 0.25) is 0 Å². The summed E-state index contributed by atoms with van der Waals surface area (Å²) in [6, 6.07) is 8.76. The van der Waals surface area contributed by atoms with Crippen LogP contribution in [-0.2, 0) is 0 Å². The smallest absolute Gasteiger partial charge is 0.0743 e. The molecule has 0 aromatic heterocycles. The average molecular weight is 247 g/mol. The minimum atomic E-state index is -0.180. The fraction of sp³-hybridized carbons (Fsp3) is 0.625. The van der Waals surface area contributed by atoms with E-state index in [1.54, 1.807) is 0 Å². The highest BCUT2D eigenvalue weighted by Gasteiger charge is 2.31. The molecule has 2 heteroatoms. The Bertz CT molecular complexity index is 390. The summed E-state index contributed by atoms with van der Waals surface area (Å²) in [4.78, 5) is 2.38. The molecule has 1 aromatic carbocycles. The van der Waals surface area contributed by atoms with E-state index in [1.165, 1.54) is 11.3 Å². The monoisotopic (exact) mass is 247 g/mol. The van der Waals surface area contributed by atoms with E-state index < -0.39 is 0 Å². The van der Waals surface area contributed by atoms with E-state index in [1.807, 2.05) is 0 Å². The highest BCUT2D eigenvalue weighted by molar-refractivity contribution is 5.54. The van der Waals surface area contributed by atoms with Gasteiger partial charge in [-0.05, 0) is 50.7 Å². The van der Waals surface area contributed by atoms with Crippen molar-refractivity contribution in [2.75, 3.05) is 11.4 Å². The number of anilines is 1. The van der Waals surface area contributed by atoms with Gasteiger partial charge in [0.2, 0.25) is 0 Å². The fourth-order valence-electron chi connectivity index (χ4n) is 3.14. The first kappa shape index (κ1) is 13.4. The summed E-state index contributed by atoms with van der Waals surface area (Å²) in [5.41, 5.74) is 2.57. The van der Waals surface area contributed by atoms with Gasteiger partial charge in [-0.1, -0.05) is 25.1 Å². The zero-order valence-electron chi connectivity index (χ0n) is 11.8. The van der Waals surface area contributed by atoms with Crippen LogP contribution >= 0.6 is 0 Å². The lowest BCUT2D eigenvalue weighted by Gasteiger charge is -2.41. The summed E-state index contributed by atoms with van der Waals surface area (Å²) in [6.07, 6.45) is 3.02. The number of aliphatic hydroxyl groups excluding tert-OH is 1. The molecule has 3 atom stereocenters. The van der Waals surface area contributed by atoms with Gasteiger partial charge >= 0.3 is 0 Å². The number of hydrogen-bond acceptors (Lipinski definition) is 2. The van der Waals surface area contributed by atoms with Gasteiger partial charge in [-0.3, -0.25) is 0 Å². The number of para-hydroxylation sites is 1. The second-order valence-corrected chi connectivity index (χ2v) is 5.63. The molecule has 1 aliphatic rings. The number of hydrogen-bond donors (Lipinski definition) is 1. The quantitative estimate of drug-likeness (QED) is 0.885. The van der Waals surface area contributed by atoms with E-state index in [4.69, 9.17) is 0 Å². The summed E-state index contributed by atoms with van der Waals surface area (Å²) in [5, 5.41) is 10.3. The maximum Gasteiger partial charge on any atom is 0.0743 e. The van der Waals surface area contributed by atoms with Gasteiger partial charge in [0, 0.05) is 12.2 Å². The van der Waals surface area contributed by atoms with Gasteiger partial charge in [0.25, 0.3) is 0 Å². The van der Waals surface area contributed by atoms with Gasteiger partial charge in [0.05, 0.1) is 12.1 Å². The highest BCUT2D eigenvalue weighted by atomic mass is 16.3. The van der Waals surface area contributed by atoms with E-state index in [9.17, 15) is 5.11 Å². The largest absolute Gasteiger partial charge is 0.391 e. The van der Waals surface area contributed by atoms with E-state index in [2.05, 4.69) is 49.9 Å². The molecule has 0 spiro atoms. The van der Waals surface area contributed by atoms with Gasteiger partial charge in [-0.25, -0.2) is 0 Å². The van der Waals surface area contributed by atoms with E-state index in [0.29, 0.717) is 0 Å². The predicted molar refractivity (Wildman–Crippen MR) is 77.0 cm³/mol. The van der Waals surface area contributed by atoms with E-state index in [0.717, 1.165) is 31.7 Å². The molecular formula is C16H25NO. The Morgan fingerprint density at radius 2 is 2.00 bits per heavy atom. The molecule has 0 bridgehead atoms. The number of aryl methyl sites for hydroxylation is 1. The van der Waals surface area contributed by atoms with Crippen molar-refractivity contribution in [1.29, 1.82) is 0 Å². The molecule has 0 aliphatic heterocycles. The van der Waals surface area contributed by atoms with Crippen LogP contribution in [0.3, 0.4) is 0 Å². The summed E-state index contributed by atoms with van der Waals surface area (Å²) < 4.78 is 0. The Morgan fingerprint density at radius 3 is 2.67 bits per heavy atom. The van der Waals surface area contributed by atoms with Crippen molar-refractivity contribution in [2.45, 2.75) is 52.2 Å². The summed E-state index contributed by atoms with van der Waals surface area (Å²) in [5.74, 6) is 0.719. The average Bonchev–Trinajstić information content (AvgIpc) is 2.36. The lowest BCUT2D eigenvalue weighted by Crippen LogP contribution is -2.47. The van der Waals surface area contributed by atoms with Crippen LogP contribution < -0.4 is 4.90 Å². The first-order valence-electron chi connectivity index (χ1n) is 7.13.